The third kappa shape index (κ3) is 4.92. The van der Waals surface area contributed by atoms with Crippen LogP contribution in [0.25, 0.3) is 16.9 Å². The maximum atomic E-state index is 5.77. The molecule has 0 aliphatic carbocycles. The fourth-order valence-corrected chi connectivity index (χ4v) is 3.38. The summed E-state index contributed by atoms with van der Waals surface area (Å²) in [6.45, 7) is 9.44. The molecular weight excluding hydrogens is 392 g/mol. The van der Waals surface area contributed by atoms with E-state index >= 15 is 0 Å². The van der Waals surface area contributed by atoms with Crippen molar-refractivity contribution < 1.29 is 18.9 Å². The van der Waals surface area contributed by atoms with E-state index in [9.17, 15) is 0 Å². The lowest BCUT2D eigenvalue weighted by Crippen LogP contribution is -2.11. The predicted molar refractivity (Wildman–Crippen MR) is 118 cm³/mol. The Morgan fingerprint density at radius 3 is 1.87 bits per heavy atom. The van der Waals surface area contributed by atoms with Crippen molar-refractivity contribution >= 4 is 0 Å². The van der Waals surface area contributed by atoms with Crippen molar-refractivity contribution in [3.8, 4) is 28.4 Å². The van der Waals surface area contributed by atoms with E-state index in [0.717, 1.165) is 41.7 Å². The van der Waals surface area contributed by atoms with Crippen LogP contribution in [0.15, 0.2) is 54.7 Å². The Labute approximate surface area is 182 Å². The highest BCUT2D eigenvalue weighted by Gasteiger charge is 2.25. The first-order valence-electron chi connectivity index (χ1n) is 10.8. The summed E-state index contributed by atoms with van der Waals surface area (Å²) in [5.41, 5.74) is 4.20. The monoisotopic (exact) mass is 420 g/mol. The van der Waals surface area contributed by atoms with E-state index < -0.39 is 0 Å². The van der Waals surface area contributed by atoms with Crippen molar-refractivity contribution in [1.82, 2.24) is 9.78 Å². The van der Waals surface area contributed by atoms with Gasteiger partial charge in [-0.15, -0.1) is 0 Å². The molecule has 0 radical (unpaired) electrons. The average Bonchev–Trinajstić information content (AvgIpc) is 3.69. The molecule has 6 nitrogen and oxygen atoms in total. The molecule has 6 heteroatoms. The summed E-state index contributed by atoms with van der Waals surface area (Å²) in [6.07, 6.45) is 2.63. The Kier molecular flexibility index (Phi) is 5.20. The molecule has 0 spiro atoms. The topological polar surface area (TPSA) is 61.3 Å². The summed E-state index contributed by atoms with van der Waals surface area (Å²) >= 11 is 0. The maximum Gasteiger partial charge on any atom is 0.119 e. The highest BCUT2D eigenvalue weighted by Crippen LogP contribution is 2.34. The summed E-state index contributed by atoms with van der Waals surface area (Å²) in [4.78, 5) is 0. The van der Waals surface area contributed by atoms with Crippen LogP contribution < -0.4 is 9.47 Å². The first-order valence-corrected chi connectivity index (χ1v) is 10.8. The summed E-state index contributed by atoms with van der Waals surface area (Å²) in [5, 5.41) is 4.94. The van der Waals surface area contributed by atoms with Gasteiger partial charge < -0.3 is 18.9 Å². The third-order valence-electron chi connectivity index (χ3n) is 5.43. The number of aromatic nitrogens is 2. The quantitative estimate of drug-likeness (QED) is 0.506. The molecule has 0 amide bonds. The van der Waals surface area contributed by atoms with Gasteiger partial charge in [-0.1, -0.05) is 20.8 Å². The Balaban J connectivity index is 1.38. The van der Waals surface area contributed by atoms with Crippen LogP contribution in [0.1, 0.15) is 26.3 Å². The van der Waals surface area contributed by atoms with E-state index in [0.29, 0.717) is 13.2 Å². The van der Waals surface area contributed by atoms with Crippen molar-refractivity contribution in [3.05, 3.63) is 60.3 Å². The minimum Gasteiger partial charge on any atom is -0.491 e. The molecule has 2 atom stereocenters. The fraction of sp³-hybridized carbons (Fsp3) is 0.400. The number of epoxide rings is 2. The van der Waals surface area contributed by atoms with Gasteiger partial charge in [0.15, 0.2) is 0 Å². The van der Waals surface area contributed by atoms with Gasteiger partial charge in [0.05, 0.1) is 24.6 Å². The summed E-state index contributed by atoms with van der Waals surface area (Å²) in [7, 11) is 0. The minimum atomic E-state index is -0.0423. The van der Waals surface area contributed by atoms with Crippen LogP contribution in [-0.2, 0) is 14.9 Å². The standard InChI is InChI=1S/C25H28N2O4/c1-25(2,3)23-12-27(18-6-10-20(11-7-18)29-14-22-16-31-22)26-24(23)17-4-8-19(9-5-17)28-13-21-15-30-21/h4-12,21-22H,13-16H2,1-3H3. The van der Waals surface area contributed by atoms with Crippen LogP contribution in [0.4, 0.5) is 0 Å². The number of hydrogen-bond acceptors (Lipinski definition) is 5. The number of rotatable bonds is 8. The zero-order chi connectivity index (χ0) is 21.4. The molecule has 3 aromatic rings. The largest absolute Gasteiger partial charge is 0.491 e. The van der Waals surface area contributed by atoms with E-state index in [1.54, 1.807) is 0 Å². The molecule has 2 unspecified atom stereocenters. The molecule has 1 aromatic heterocycles. The summed E-state index contributed by atoms with van der Waals surface area (Å²) in [5.74, 6) is 1.69. The molecule has 2 aliphatic rings. The Hall–Kier alpha value is -2.83. The van der Waals surface area contributed by atoms with Crippen molar-refractivity contribution in [2.75, 3.05) is 26.4 Å². The van der Waals surface area contributed by atoms with Crippen molar-refractivity contribution in [2.45, 2.75) is 38.4 Å². The number of hydrogen-bond donors (Lipinski definition) is 0. The maximum absolute atomic E-state index is 5.77. The van der Waals surface area contributed by atoms with Gasteiger partial charge in [0, 0.05) is 17.3 Å². The van der Waals surface area contributed by atoms with Gasteiger partial charge in [-0.25, -0.2) is 4.68 Å². The van der Waals surface area contributed by atoms with E-state index in [1.165, 1.54) is 5.56 Å². The van der Waals surface area contributed by atoms with E-state index in [1.807, 2.05) is 41.1 Å². The molecule has 2 aromatic carbocycles. The van der Waals surface area contributed by atoms with Crippen LogP contribution in [0.2, 0.25) is 0 Å². The third-order valence-corrected chi connectivity index (χ3v) is 5.43. The summed E-state index contributed by atoms with van der Waals surface area (Å²) in [6, 6.07) is 16.2. The lowest BCUT2D eigenvalue weighted by atomic mass is 9.86. The predicted octanol–water partition coefficient (Wildman–Crippen LogP) is 4.39. The second-order valence-electron chi connectivity index (χ2n) is 9.14. The van der Waals surface area contributed by atoms with Gasteiger partial charge >= 0.3 is 0 Å². The molecule has 5 rings (SSSR count). The molecular formula is C25H28N2O4. The van der Waals surface area contributed by atoms with Gasteiger partial charge in [0.1, 0.15) is 36.9 Å². The zero-order valence-electron chi connectivity index (χ0n) is 18.2. The first-order chi connectivity index (χ1) is 15.0. The summed E-state index contributed by atoms with van der Waals surface area (Å²) < 4.78 is 23.9. The molecule has 2 saturated heterocycles. The van der Waals surface area contributed by atoms with Crippen LogP contribution in [-0.4, -0.2) is 48.4 Å². The zero-order valence-corrected chi connectivity index (χ0v) is 18.2. The van der Waals surface area contributed by atoms with Crippen LogP contribution in [0.5, 0.6) is 11.5 Å². The van der Waals surface area contributed by atoms with Crippen molar-refractivity contribution in [1.29, 1.82) is 0 Å². The molecule has 162 valence electrons. The van der Waals surface area contributed by atoms with Gasteiger partial charge in [-0.3, -0.25) is 0 Å². The number of ether oxygens (including phenoxy) is 4. The van der Waals surface area contributed by atoms with E-state index in [2.05, 4.69) is 39.1 Å². The number of benzene rings is 2. The molecule has 31 heavy (non-hydrogen) atoms. The first kappa shape index (κ1) is 20.1. The fourth-order valence-electron chi connectivity index (χ4n) is 3.38. The van der Waals surface area contributed by atoms with Crippen LogP contribution in [0.3, 0.4) is 0 Å². The Morgan fingerprint density at radius 2 is 1.39 bits per heavy atom. The van der Waals surface area contributed by atoms with Gasteiger partial charge in [0.2, 0.25) is 0 Å². The Bertz CT molecular complexity index is 1030. The van der Waals surface area contributed by atoms with Crippen LogP contribution in [0, 0.1) is 0 Å². The van der Waals surface area contributed by atoms with Crippen LogP contribution >= 0.6 is 0 Å². The lowest BCUT2D eigenvalue weighted by Gasteiger charge is -2.18. The SMILES string of the molecule is CC(C)(C)c1cn(-c2ccc(OCC3CO3)cc2)nc1-c1ccc(OCC2CO2)cc1. The van der Waals surface area contributed by atoms with Gasteiger partial charge in [-0.2, -0.15) is 5.10 Å². The highest BCUT2D eigenvalue weighted by atomic mass is 16.6. The normalized spacial score (nSPS) is 19.8. The molecule has 3 heterocycles. The van der Waals surface area contributed by atoms with Gasteiger partial charge in [-0.05, 0) is 53.9 Å². The van der Waals surface area contributed by atoms with Crippen molar-refractivity contribution in [3.63, 3.8) is 0 Å². The number of nitrogens with zero attached hydrogens (tertiary/aromatic N) is 2. The molecule has 0 bridgehead atoms. The molecule has 0 N–H and O–H groups in total. The smallest absolute Gasteiger partial charge is 0.119 e. The average molecular weight is 421 g/mol. The Morgan fingerprint density at radius 1 is 0.871 bits per heavy atom. The van der Waals surface area contributed by atoms with Crippen molar-refractivity contribution in [2.24, 2.45) is 0 Å². The van der Waals surface area contributed by atoms with E-state index in [-0.39, 0.29) is 17.6 Å². The minimum absolute atomic E-state index is 0.0423. The second kappa shape index (κ2) is 8.02. The molecule has 2 aliphatic heterocycles. The van der Waals surface area contributed by atoms with E-state index in [4.69, 9.17) is 24.0 Å². The second-order valence-corrected chi connectivity index (χ2v) is 9.14. The van der Waals surface area contributed by atoms with Gasteiger partial charge in [0.25, 0.3) is 0 Å². The molecule has 0 saturated carbocycles. The lowest BCUT2D eigenvalue weighted by molar-refractivity contribution is 0.263. The molecule has 2 fully saturated rings. The highest BCUT2D eigenvalue weighted by molar-refractivity contribution is 5.65.